The molecule has 1 aromatic rings. The van der Waals surface area contributed by atoms with Crippen molar-refractivity contribution >= 4 is 5.91 Å². The Kier molecular flexibility index (Phi) is 3.64. The molecule has 0 saturated carbocycles. The third kappa shape index (κ3) is 2.85. The summed E-state index contributed by atoms with van der Waals surface area (Å²) in [4.78, 5) is 11.5. The average Bonchev–Trinajstić information content (AvgIpc) is 2.60. The zero-order chi connectivity index (χ0) is 10.6. The maximum absolute atomic E-state index is 11.5. The van der Waals surface area contributed by atoms with Gasteiger partial charge in [-0.3, -0.25) is 9.48 Å². The van der Waals surface area contributed by atoms with E-state index < -0.39 is 0 Å². The quantitative estimate of drug-likeness (QED) is 0.698. The summed E-state index contributed by atoms with van der Waals surface area (Å²) in [6.07, 6.45) is 3.25. The molecular weight excluding hydrogens is 180 g/mol. The van der Waals surface area contributed by atoms with Crippen LogP contribution in [-0.4, -0.2) is 35.3 Å². The van der Waals surface area contributed by atoms with Gasteiger partial charge in [0.15, 0.2) is 0 Å². The zero-order valence-electron chi connectivity index (χ0n) is 8.74. The summed E-state index contributed by atoms with van der Waals surface area (Å²) in [5, 5.41) is 9.77. The molecule has 1 unspecified atom stereocenters. The van der Waals surface area contributed by atoms with Crippen LogP contribution in [0.4, 0.5) is 0 Å². The first-order chi connectivity index (χ1) is 6.63. The van der Waals surface area contributed by atoms with Crippen LogP contribution in [0.25, 0.3) is 0 Å². The van der Waals surface area contributed by atoms with Gasteiger partial charge in [-0.1, -0.05) is 0 Å². The minimum absolute atomic E-state index is 0.0831. The summed E-state index contributed by atoms with van der Waals surface area (Å²) in [6, 6.07) is 0.274. The van der Waals surface area contributed by atoms with Gasteiger partial charge in [-0.15, -0.1) is 0 Å². The average molecular weight is 196 g/mol. The molecule has 0 bridgehead atoms. The second-order valence-corrected chi connectivity index (χ2v) is 3.30. The van der Waals surface area contributed by atoms with Gasteiger partial charge < -0.3 is 10.6 Å². The number of nitrogens with zero attached hydrogens (tertiary/aromatic N) is 2. The number of aryl methyl sites for hydroxylation is 1. The van der Waals surface area contributed by atoms with E-state index in [1.165, 1.54) is 0 Å². The largest absolute Gasteiger partial charge is 0.350 e. The standard InChI is InChI=1S/C9H16N4O/c1-7(10-2)4-11-9(14)8-5-12-13(3)6-8/h5-7,10H,4H2,1-3H3,(H,11,14). The first-order valence-corrected chi connectivity index (χ1v) is 4.57. The van der Waals surface area contributed by atoms with Crippen molar-refractivity contribution in [3.63, 3.8) is 0 Å². The Morgan fingerprint density at radius 1 is 1.71 bits per heavy atom. The Balaban J connectivity index is 2.43. The predicted octanol–water partition coefficient (Wildman–Crippen LogP) is -0.242. The van der Waals surface area contributed by atoms with E-state index in [0.29, 0.717) is 12.1 Å². The lowest BCUT2D eigenvalue weighted by Gasteiger charge is -2.10. The molecule has 0 aliphatic carbocycles. The normalized spacial score (nSPS) is 12.5. The molecule has 0 radical (unpaired) electrons. The topological polar surface area (TPSA) is 58.9 Å². The van der Waals surface area contributed by atoms with E-state index >= 15 is 0 Å². The molecule has 1 amide bonds. The number of hydrogen-bond donors (Lipinski definition) is 2. The van der Waals surface area contributed by atoms with E-state index in [0.717, 1.165) is 0 Å². The lowest BCUT2D eigenvalue weighted by Crippen LogP contribution is -2.37. The smallest absolute Gasteiger partial charge is 0.254 e. The van der Waals surface area contributed by atoms with Crippen LogP contribution >= 0.6 is 0 Å². The molecular formula is C9H16N4O. The molecule has 0 spiro atoms. The summed E-state index contributed by atoms with van der Waals surface area (Å²) in [6.45, 7) is 2.62. The molecule has 1 atom stereocenters. The van der Waals surface area contributed by atoms with Gasteiger partial charge in [0.25, 0.3) is 5.91 Å². The van der Waals surface area contributed by atoms with E-state index in [-0.39, 0.29) is 11.9 Å². The lowest BCUT2D eigenvalue weighted by molar-refractivity contribution is 0.0950. The molecule has 1 heterocycles. The molecule has 14 heavy (non-hydrogen) atoms. The van der Waals surface area contributed by atoms with Gasteiger partial charge in [0, 0.05) is 25.8 Å². The van der Waals surface area contributed by atoms with Gasteiger partial charge in [-0.2, -0.15) is 5.10 Å². The fraction of sp³-hybridized carbons (Fsp3) is 0.556. The van der Waals surface area contributed by atoms with Crippen molar-refractivity contribution < 1.29 is 4.79 Å². The summed E-state index contributed by atoms with van der Waals surface area (Å²) >= 11 is 0. The van der Waals surface area contributed by atoms with E-state index in [1.54, 1.807) is 24.1 Å². The first-order valence-electron chi connectivity index (χ1n) is 4.57. The number of hydrogen-bond acceptors (Lipinski definition) is 3. The Morgan fingerprint density at radius 3 is 2.93 bits per heavy atom. The maximum atomic E-state index is 11.5. The summed E-state index contributed by atoms with van der Waals surface area (Å²) < 4.78 is 1.61. The number of carbonyl (C=O) groups excluding carboxylic acids is 1. The summed E-state index contributed by atoms with van der Waals surface area (Å²) in [7, 11) is 3.65. The van der Waals surface area contributed by atoms with Crippen molar-refractivity contribution in [1.82, 2.24) is 20.4 Å². The Labute approximate surface area is 83.5 Å². The molecule has 1 aromatic heterocycles. The lowest BCUT2D eigenvalue weighted by atomic mass is 10.3. The number of amides is 1. The van der Waals surface area contributed by atoms with Gasteiger partial charge >= 0.3 is 0 Å². The number of rotatable bonds is 4. The molecule has 0 aliphatic rings. The molecule has 0 fully saturated rings. The van der Waals surface area contributed by atoms with Crippen LogP contribution in [0.3, 0.4) is 0 Å². The Hall–Kier alpha value is -1.36. The molecule has 2 N–H and O–H groups in total. The van der Waals surface area contributed by atoms with E-state index in [4.69, 9.17) is 0 Å². The van der Waals surface area contributed by atoms with Gasteiger partial charge in [-0.25, -0.2) is 0 Å². The second-order valence-electron chi connectivity index (χ2n) is 3.30. The molecule has 0 aliphatic heterocycles. The number of nitrogens with one attached hydrogen (secondary N) is 2. The molecule has 0 aromatic carbocycles. The van der Waals surface area contributed by atoms with Gasteiger partial charge in [-0.05, 0) is 14.0 Å². The second kappa shape index (κ2) is 4.76. The highest BCUT2D eigenvalue weighted by atomic mass is 16.1. The molecule has 5 heteroatoms. The van der Waals surface area contributed by atoms with Crippen LogP contribution in [-0.2, 0) is 7.05 Å². The first kappa shape index (κ1) is 10.7. The third-order valence-corrected chi connectivity index (χ3v) is 2.03. The van der Waals surface area contributed by atoms with Crippen LogP contribution in [0.2, 0.25) is 0 Å². The van der Waals surface area contributed by atoms with Gasteiger partial charge in [0.2, 0.25) is 0 Å². The summed E-state index contributed by atoms with van der Waals surface area (Å²) in [5.74, 6) is -0.0831. The minimum Gasteiger partial charge on any atom is -0.350 e. The van der Waals surface area contributed by atoms with Crippen molar-refractivity contribution in [2.24, 2.45) is 7.05 Å². The number of aromatic nitrogens is 2. The van der Waals surface area contributed by atoms with Crippen molar-refractivity contribution in [2.75, 3.05) is 13.6 Å². The number of carbonyl (C=O) groups is 1. The highest BCUT2D eigenvalue weighted by Gasteiger charge is 2.07. The predicted molar refractivity (Wildman–Crippen MR) is 54.1 cm³/mol. The SMILES string of the molecule is CNC(C)CNC(=O)c1cnn(C)c1. The van der Waals surface area contributed by atoms with Crippen LogP contribution in [0, 0.1) is 0 Å². The van der Waals surface area contributed by atoms with Crippen molar-refractivity contribution in [3.8, 4) is 0 Å². The van der Waals surface area contributed by atoms with E-state index in [2.05, 4.69) is 15.7 Å². The van der Waals surface area contributed by atoms with Crippen LogP contribution < -0.4 is 10.6 Å². The van der Waals surface area contributed by atoms with Crippen LogP contribution in [0.1, 0.15) is 17.3 Å². The maximum Gasteiger partial charge on any atom is 0.254 e. The highest BCUT2D eigenvalue weighted by molar-refractivity contribution is 5.93. The zero-order valence-corrected chi connectivity index (χ0v) is 8.74. The fourth-order valence-electron chi connectivity index (χ4n) is 0.988. The molecule has 1 rings (SSSR count). The Bertz CT molecular complexity index is 308. The number of likely N-dealkylation sites (N-methyl/N-ethyl adjacent to an activating group) is 1. The minimum atomic E-state index is -0.0831. The summed E-state index contributed by atoms with van der Waals surface area (Å²) in [5.41, 5.74) is 0.593. The van der Waals surface area contributed by atoms with Crippen LogP contribution in [0.5, 0.6) is 0 Å². The highest BCUT2D eigenvalue weighted by Crippen LogP contribution is 1.95. The third-order valence-electron chi connectivity index (χ3n) is 2.03. The monoisotopic (exact) mass is 196 g/mol. The molecule has 78 valence electrons. The van der Waals surface area contributed by atoms with Crippen molar-refractivity contribution in [2.45, 2.75) is 13.0 Å². The van der Waals surface area contributed by atoms with Crippen LogP contribution in [0.15, 0.2) is 12.4 Å². The Morgan fingerprint density at radius 2 is 2.43 bits per heavy atom. The van der Waals surface area contributed by atoms with Gasteiger partial charge in [0.05, 0.1) is 11.8 Å². The van der Waals surface area contributed by atoms with E-state index in [1.807, 2.05) is 14.0 Å². The van der Waals surface area contributed by atoms with Gasteiger partial charge in [0.1, 0.15) is 0 Å². The van der Waals surface area contributed by atoms with Crippen molar-refractivity contribution in [1.29, 1.82) is 0 Å². The molecule has 0 saturated heterocycles. The molecule has 5 nitrogen and oxygen atoms in total. The fourth-order valence-corrected chi connectivity index (χ4v) is 0.988. The van der Waals surface area contributed by atoms with E-state index in [9.17, 15) is 4.79 Å². The van der Waals surface area contributed by atoms with Crippen molar-refractivity contribution in [3.05, 3.63) is 18.0 Å².